The maximum Gasteiger partial charge on any atom is 0.328 e. The molecule has 1 atom stereocenters. The Kier molecular flexibility index (Phi) is 5.39. The molecule has 3 rings (SSSR count). The van der Waals surface area contributed by atoms with Crippen molar-refractivity contribution in [2.24, 2.45) is 5.92 Å². The van der Waals surface area contributed by atoms with E-state index in [1.54, 1.807) is 12.1 Å². The van der Waals surface area contributed by atoms with Gasteiger partial charge >= 0.3 is 11.7 Å². The fourth-order valence-electron chi connectivity index (χ4n) is 2.75. The maximum atomic E-state index is 13.4. The second-order valence-electron chi connectivity index (χ2n) is 6.02. The van der Waals surface area contributed by atoms with Gasteiger partial charge in [0.05, 0.1) is 17.7 Å². The summed E-state index contributed by atoms with van der Waals surface area (Å²) in [5.41, 5.74) is -0.627. The van der Waals surface area contributed by atoms with Crippen molar-refractivity contribution in [3.05, 3.63) is 58.4 Å². The number of nitro benzene ring substituents is 1. The molecule has 0 spiro atoms. The molecule has 1 fully saturated rings. The molecule has 1 aliphatic heterocycles. The fraction of sp³-hybridized carbons (Fsp3) is 0.167. The zero-order valence-corrected chi connectivity index (χ0v) is 15.0. The van der Waals surface area contributed by atoms with E-state index in [0.29, 0.717) is 5.75 Å². The van der Waals surface area contributed by atoms with Gasteiger partial charge in [-0.15, -0.1) is 0 Å². The molecule has 10 nitrogen and oxygen atoms in total. The molecule has 1 heterocycles. The number of hydrogen-bond donors (Lipinski definition) is 2. The first-order valence-corrected chi connectivity index (χ1v) is 8.32. The van der Waals surface area contributed by atoms with Gasteiger partial charge in [0.1, 0.15) is 11.7 Å². The van der Waals surface area contributed by atoms with Crippen LogP contribution >= 0.6 is 0 Å². The number of halogens is 1. The van der Waals surface area contributed by atoms with Gasteiger partial charge in [-0.25, -0.2) is 9.69 Å². The minimum absolute atomic E-state index is 0.0520. The molecule has 0 aliphatic carbocycles. The smallest absolute Gasteiger partial charge is 0.328 e. The van der Waals surface area contributed by atoms with Crippen molar-refractivity contribution in [2.75, 3.05) is 23.9 Å². The van der Waals surface area contributed by atoms with E-state index < -0.39 is 40.2 Å². The third-order valence-corrected chi connectivity index (χ3v) is 4.24. The van der Waals surface area contributed by atoms with Gasteiger partial charge in [0.25, 0.3) is 0 Å². The first-order valence-electron chi connectivity index (χ1n) is 8.32. The summed E-state index contributed by atoms with van der Waals surface area (Å²) in [6.45, 7) is -0.251. The zero-order valence-electron chi connectivity index (χ0n) is 15.0. The third kappa shape index (κ3) is 3.98. The summed E-state index contributed by atoms with van der Waals surface area (Å²) >= 11 is 0. The maximum absolute atomic E-state index is 13.4. The second kappa shape index (κ2) is 7.92. The molecule has 0 radical (unpaired) electrons. The van der Waals surface area contributed by atoms with E-state index in [0.717, 1.165) is 23.1 Å². The highest BCUT2D eigenvalue weighted by Gasteiger charge is 2.39. The topological polar surface area (TPSA) is 131 Å². The van der Waals surface area contributed by atoms with Crippen LogP contribution in [0.4, 0.5) is 26.2 Å². The van der Waals surface area contributed by atoms with E-state index in [1.807, 2.05) is 0 Å². The number of hydrogen-bond acceptors (Lipinski definition) is 6. The van der Waals surface area contributed by atoms with Crippen LogP contribution in [0.2, 0.25) is 0 Å². The number of urea groups is 1. The standard InChI is InChI=1S/C18H15FN4O6/c1-29-12-5-3-11(4-6-12)22-17(25)13(9-20-18(22)26)16(24)21-10-2-7-14(19)15(8-10)23(27)28/h2-8,13H,9H2,1H3,(H,20,26)(H,21,24). The number of rotatable bonds is 5. The summed E-state index contributed by atoms with van der Waals surface area (Å²) in [5, 5.41) is 15.6. The highest BCUT2D eigenvalue weighted by molar-refractivity contribution is 6.23. The Hall–Kier alpha value is -4.02. The molecule has 0 aromatic heterocycles. The zero-order chi connectivity index (χ0) is 21.1. The Balaban J connectivity index is 1.80. The Morgan fingerprint density at radius 1 is 1.28 bits per heavy atom. The van der Waals surface area contributed by atoms with Crippen LogP contribution in [0.25, 0.3) is 0 Å². The third-order valence-electron chi connectivity index (χ3n) is 4.24. The molecule has 2 aromatic carbocycles. The van der Waals surface area contributed by atoms with Crippen molar-refractivity contribution >= 4 is 34.9 Å². The lowest BCUT2D eigenvalue weighted by molar-refractivity contribution is -0.387. The number of anilines is 2. The first kappa shape index (κ1) is 19.7. The van der Waals surface area contributed by atoms with Gasteiger partial charge in [-0.1, -0.05) is 0 Å². The predicted octanol–water partition coefficient (Wildman–Crippen LogP) is 2.05. The number of benzene rings is 2. The van der Waals surface area contributed by atoms with E-state index >= 15 is 0 Å². The highest BCUT2D eigenvalue weighted by atomic mass is 19.1. The molecule has 1 aliphatic rings. The van der Waals surface area contributed by atoms with Gasteiger partial charge in [0.15, 0.2) is 0 Å². The lowest BCUT2D eigenvalue weighted by Gasteiger charge is -2.30. The van der Waals surface area contributed by atoms with Gasteiger partial charge in [0.2, 0.25) is 17.6 Å². The molecule has 150 valence electrons. The monoisotopic (exact) mass is 402 g/mol. The number of nitrogens with zero attached hydrogens (tertiary/aromatic N) is 2. The molecule has 29 heavy (non-hydrogen) atoms. The van der Waals surface area contributed by atoms with Crippen LogP contribution in [0.3, 0.4) is 0 Å². The second-order valence-corrected chi connectivity index (χ2v) is 6.02. The molecular formula is C18H15FN4O6. The molecule has 0 saturated carbocycles. The van der Waals surface area contributed by atoms with Crippen LogP contribution in [0.5, 0.6) is 5.75 Å². The van der Waals surface area contributed by atoms with Gasteiger partial charge in [-0.05, 0) is 36.4 Å². The molecular weight excluding hydrogens is 387 g/mol. The Morgan fingerprint density at radius 3 is 2.59 bits per heavy atom. The SMILES string of the molecule is COc1ccc(N2C(=O)NCC(C(=O)Nc3ccc(F)c([N+](=O)[O-])c3)C2=O)cc1. The summed E-state index contributed by atoms with van der Waals surface area (Å²) in [6, 6.07) is 8.20. The van der Waals surface area contributed by atoms with Crippen LogP contribution in [0.1, 0.15) is 0 Å². The van der Waals surface area contributed by atoms with Crippen LogP contribution < -0.4 is 20.3 Å². The summed E-state index contributed by atoms with van der Waals surface area (Å²) in [5.74, 6) is -3.38. The van der Waals surface area contributed by atoms with Gasteiger partial charge in [0, 0.05) is 18.3 Å². The number of amides is 4. The van der Waals surface area contributed by atoms with Crippen molar-refractivity contribution in [3.8, 4) is 5.75 Å². The number of nitro groups is 1. The highest BCUT2D eigenvalue weighted by Crippen LogP contribution is 2.25. The number of carbonyl (C=O) groups is 3. The summed E-state index contributed by atoms with van der Waals surface area (Å²) < 4.78 is 18.5. The Bertz CT molecular complexity index is 994. The molecule has 0 bridgehead atoms. The minimum Gasteiger partial charge on any atom is -0.497 e. The van der Waals surface area contributed by atoms with Crippen molar-refractivity contribution in [2.45, 2.75) is 0 Å². The molecule has 11 heteroatoms. The average molecular weight is 402 g/mol. The van der Waals surface area contributed by atoms with Crippen molar-refractivity contribution in [1.29, 1.82) is 0 Å². The molecule has 2 N–H and O–H groups in total. The summed E-state index contributed by atoms with van der Waals surface area (Å²) in [6.07, 6.45) is 0. The van der Waals surface area contributed by atoms with Crippen molar-refractivity contribution in [1.82, 2.24) is 5.32 Å². The largest absolute Gasteiger partial charge is 0.497 e. The van der Waals surface area contributed by atoms with Crippen LogP contribution in [-0.4, -0.2) is 36.4 Å². The fourth-order valence-corrected chi connectivity index (χ4v) is 2.75. The molecule has 1 saturated heterocycles. The number of carbonyl (C=O) groups excluding carboxylic acids is 3. The summed E-state index contributed by atoms with van der Waals surface area (Å²) in [4.78, 5) is 48.2. The van der Waals surface area contributed by atoms with E-state index in [1.165, 1.54) is 19.2 Å². The van der Waals surface area contributed by atoms with Gasteiger partial charge < -0.3 is 15.4 Å². The summed E-state index contributed by atoms with van der Waals surface area (Å²) in [7, 11) is 1.47. The predicted molar refractivity (Wildman–Crippen MR) is 99.1 cm³/mol. The lowest BCUT2D eigenvalue weighted by atomic mass is 10.0. The Labute approximate surface area is 163 Å². The number of ether oxygens (including phenoxy) is 1. The van der Waals surface area contributed by atoms with Crippen molar-refractivity contribution in [3.63, 3.8) is 0 Å². The van der Waals surface area contributed by atoms with E-state index in [4.69, 9.17) is 4.74 Å². The molecule has 1 unspecified atom stereocenters. The van der Waals surface area contributed by atoms with E-state index in [2.05, 4.69) is 10.6 Å². The Morgan fingerprint density at radius 2 is 1.97 bits per heavy atom. The van der Waals surface area contributed by atoms with E-state index in [9.17, 15) is 28.9 Å². The van der Waals surface area contributed by atoms with Crippen LogP contribution in [0, 0.1) is 21.8 Å². The van der Waals surface area contributed by atoms with Gasteiger partial charge in [-0.3, -0.25) is 19.7 Å². The molecule has 2 aromatic rings. The average Bonchev–Trinajstić information content (AvgIpc) is 2.69. The number of methoxy groups -OCH3 is 1. The lowest BCUT2D eigenvalue weighted by Crippen LogP contribution is -2.58. The van der Waals surface area contributed by atoms with Gasteiger partial charge in [-0.2, -0.15) is 4.39 Å². The molecule has 4 amide bonds. The van der Waals surface area contributed by atoms with Crippen LogP contribution in [0.15, 0.2) is 42.5 Å². The van der Waals surface area contributed by atoms with E-state index in [-0.39, 0.29) is 17.9 Å². The quantitative estimate of drug-likeness (QED) is 0.447. The first-order chi connectivity index (χ1) is 13.8. The van der Waals surface area contributed by atoms with Crippen LogP contribution in [-0.2, 0) is 9.59 Å². The number of imide groups is 1. The normalized spacial score (nSPS) is 16.2. The minimum atomic E-state index is -1.28. The number of nitrogens with one attached hydrogen (secondary N) is 2. The van der Waals surface area contributed by atoms with Crippen molar-refractivity contribution < 1.29 is 28.4 Å².